The molecule has 2 heterocycles. The van der Waals surface area contributed by atoms with Gasteiger partial charge >= 0.3 is 5.97 Å². The van der Waals surface area contributed by atoms with Crippen LogP contribution in [0.1, 0.15) is 59.4 Å². The molecular formula is C36H34N2O6. The number of Topliss-reactive ketones (excluding diaryl/α,β-unsaturated/α-hetero) is 1. The Kier molecular flexibility index (Phi) is 7.76. The van der Waals surface area contributed by atoms with Crippen LogP contribution in [0.4, 0.5) is 5.69 Å². The van der Waals surface area contributed by atoms with Gasteiger partial charge in [0.2, 0.25) is 17.6 Å². The Balaban J connectivity index is 1.28. The molecule has 8 nitrogen and oxygen atoms in total. The fraction of sp³-hybridized carbons (Fsp3) is 0.306. The van der Waals surface area contributed by atoms with Gasteiger partial charge in [0.15, 0.2) is 6.10 Å². The Bertz CT molecular complexity index is 1780. The zero-order valence-corrected chi connectivity index (χ0v) is 25.2. The molecule has 3 aromatic carbocycles. The zero-order chi connectivity index (χ0) is 31.1. The monoisotopic (exact) mass is 590 g/mol. The first-order valence-corrected chi connectivity index (χ1v) is 14.9. The van der Waals surface area contributed by atoms with Gasteiger partial charge in [-0.3, -0.25) is 19.3 Å². The third kappa shape index (κ3) is 5.36. The van der Waals surface area contributed by atoms with Crippen molar-refractivity contribution in [2.45, 2.75) is 46.1 Å². The summed E-state index contributed by atoms with van der Waals surface area (Å²) in [7, 11) is 1.55. The van der Waals surface area contributed by atoms with Crippen molar-refractivity contribution in [1.29, 1.82) is 0 Å². The van der Waals surface area contributed by atoms with Crippen molar-refractivity contribution in [3.05, 3.63) is 89.5 Å². The second kappa shape index (κ2) is 11.7. The van der Waals surface area contributed by atoms with Gasteiger partial charge in [-0.2, -0.15) is 0 Å². The van der Waals surface area contributed by atoms with Gasteiger partial charge in [-0.1, -0.05) is 30.7 Å². The van der Waals surface area contributed by atoms with Crippen LogP contribution in [-0.2, 0) is 14.3 Å². The van der Waals surface area contributed by atoms with Gasteiger partial charge in [0, 0.05) is 16.5 Å². The number of hydrogen-bond acceptors (Lipinski definition) is 7. The number of imide groups is 1. The van der Waals surface area contributed by atoms with E-state index in [1.165, 1.54) is 4.90 Å². The Morgan fingerprint density at radius 3 is 2.32 bits per heavy atom. The topological polar surface area (TPSA) is 103 Å². The van der Waals surface area contributed by atoms with Crippen LogP contribution in [0.3, 0.4) is 0 Å². The highest BCUT2D eigenvalue weighted by molar-refractivity contribution is 6.22. The third-order valence-electron chi connectivity index (χ3n) is 8.82. The maximum absolute atomic E-state index is 13.5. The Labute approximate surface area is 256 Å². The van der Waals surface area contributed by atoms with Crippen molar-refractivity contribution >= 4 is 40.2 Å². The van der Waals surface area contributed by atoms with Crippen LogP contribution in [0.25, 0.3) is 22.2 Å². The molecule has 1 aliphatic heterocycles. The SMILES string of the molecule is COc1ccc(C(=O)C(C)OC(=O)c2cc(-c3ccc(N4C(=O)C5CCC(C)CC5C4=O)cc3)nc3ccc(C)cc23)cc1. The van der Waals surface area contributed by atoms with Gasteiger partial charge < -0.3 is 9.47 Å². The maximum Gasteiger partial charge on any atom is 0.339 e. The number of rotatable bonds is 7. The van der Waals surface area contributed by atoms with Crippen LogP contribution >= 0.6 is 0 Å². The van der Waals surface area contributed by atoms with E-state index in [1.807, 2.05) is 25.1 Å². The van der Waals surface area contributed by atoms with E-state index in [0.29, 0.717) is 45.1 Å². The van der Waals surface area contributed by atoms with Gasteiger partial charge in [0.05, 0.1) is 41.4 Å². The molecule has 2 amide bonds. The van der Waals surface area contributed by atoms with Crippen LogP contribution in [0.15, 0.2) is 72.8 Å². The predicted octanol–water partition coefficient (Wildman–Crippen LogP) is 6.57. The lowest BCUT2D eigenvalue weighted by Crippen LogP contribution is -2.30. The summed E-state index contributed by atoms with van der Waals surface area (Å²) in [4.78, 5) is 59.1. The largest absolute Gasteiger partial charge is 0.497 e. The fourth-order valence-electron chi connectivity index (χ4n) is 6.35. The van der Waals surface area contributed by atoms with Crippen LogP contribution in [0, 0.1) is 24.7 Å². The van der Waals surface area contributed by atoms with E-state index < -0.39 is 12.1 Å². The summed E-state index contributed by atoms with van der Waals surface area (Å²) in [5.74, 6) is -0.643. The lowest BCUT2D eigenvalue weighted by Gasteiger charge is -2.25. The number of fused-ring (bicyclic) bond motifs is 2. The first-order valence-electron chi connectivity index (χ1n) is 14.9. The van der Waals surface area contributed by atoms with Crippen molar-refractivity contribution < 1.29 is 28.7 Å². The highest BCUT2D eigenvalue weighted by atomic mass is 16.5. The van der Waals surface area contributed by atoms with Crippen LogP contribution < -0.4 is 9.64 Å². The molecule has 2 fully saturated rings. The van der Waals surface area contributed by atoms with Gasteiger partial charge in [-0.25, -0.2) is 9.78 Å². The first kappa shape index (κ1) is 29.2. The molecule has 224 valence electrons. The number of carbonyl (C=O) groups is 4. The van der Waals surface area contributed by atoms with Crippen molar-refractivity contribution in [2.24, 2.45) is 17.8 Å². The maximum atomic E-state index is 13.5. The number of nitrogens with zero attached hydrogens (tertiary/aromatic N) is 2. The minimum absolute atomic E-state index is 0.123. The average Bonchev–Trinajstić information content (AvgIpc) is 3.28. The number of methoxy groups -OCH3 is 1. The Hall–Kier alpha value is -4.85. The lowest BCUT2D eigenvalue weighted by molar-refractivity contribution is -0.122. The Morgan fingerprint density at radius 2 is 1.61 bits per heavy atom. The number of benzene rings is 3. The molecule has 0 radical (unpaired) electrons. The summed E-state index contributed by atoms with van der Waals surface area (Å²) in [5, 5.41) is 0.615. The molecule has 1 aliphatic carbocycles. The summed E-state index contributed by atoms with van der Waals surface area (Å²) < 4.78 is 10.8. The van der Waals surface area contributed by atoms with Crippen LogP contribution in [0.5, 0.6) is 5.75 Å². The van der Waals surface area contributed by atoms with Crippen molar-refractivity contribution in [2.75, 3.05) is 12.0 Å². The summed E-state index contributed by atoms with van der Waals surface area (Å²) in [6, 6.07) is 21.0. The summed E-state index contributed by atoms with van der Waals surface area (Å²) in [5.41, 5.74) is 4.01. The highest BCUT2D eigenvalue weighted by Gasteiger charge is 2.49. The zero-order valence-electron chi connectivity index (χ0n) is 25.2. The van der Waals surface area contributed by atoms with Gasteiger partial charge in [-0.05, 0) is 93.6 Å². The summed E-state index contributed by atoms with van der Waals surface area (Å²) >= 11 is 0. The number of amides is 2. The number of hydrogen-bond donors (Lipinski definition) is 0. The summed E-state index contributed by atoms with van der Waals surface area (Å²) in [6.07, 6.45) is 1.43. The van der Waals surface area contributed by atoms with Gasteiger partial charge in [0.25, 0.3) is 0 Å². The van der Waals surface area contributed by atoms with Crippen molar-refractivity contribution in [3.63, 3.8) is 0 Å². The van der Waals surface area contributed by atoms with E-state index in [4.69, 9.17) is 14.5 Å². The number of esters is 1. The third-order valence-corrected chi connectivity index (χ3v) is 8.82. The molecule has 44 heavy (non-hydrogen) atoms. The molecule has 0 bridgehead atoms. The predicted molar refractivity (Wildman–Crippen MR) is 167 cm³/mol. The number of aromatic nitrogens is 1. The van der Waals surface area contributed by atoms with Crippen molar-refractivity contribution in [3.8, 4) is 17.0 Å². The highest BCUT2D eigenvalue weighted by Crippen LogP contribution is 2.42. The number of anilines is 1. The van der Waals surface area contributed by atoms with E-state index in [2.05, 4.69) is 6.92 Å². The van der Waals surface area contributed by atoms with E-state index in [-0.39, 0.29) is 35.0 Å². The Morgan fingerprint density at radius 1 is 0.909 bits per heavy atom. The number of aryl methyl sites for hydroxylation is 1. The van der Waals surface area contributed by atoms with E-state index in [9.17, 15) is 19.2 Å². The second-order valence-electron chi connectivity index (χ2n) is 11.9. The van der Waals surface area contributed by atoms with E-state index >= 15 is 0 Å². The molecule has 4 aromatic rings. The van der Waals surface area contributed by atoms with E-state index in [1.54, 1.807) is 68.6 Å². The van der Waals surface area contributed by atoms with Crippen molar-refractivity contribution in [1.82, 2.24) is 4.98 Å². The molecular weight excluding hydrogens is 556 g/mol. The summed E-state index contributed by atoms with van der Waals surface area (Å²) in [6.45, 7) is 5.61. The smallest absolute Gasteiger partial charge is 0.339 e. The number of pyridine rings is 1. The molecule has 1 aromatic heterocycles. The second-order valence-corrected chi connectivity index (χ2v) is 11.9. The van der Waals surface area contributed by atoms with Crippen LogP contribution in [0.2, 0.25) is 0 Å². The fourth-order valence-corrected chi connectivity index (χ4v) is 6.35. The van der Waals surface area contributed by atoms with Crippen LogP contribution in [-0.4, -0.2) is 41.8 Å². The van der Waals surface area contributed by atoms with Gasteiger partial charge in [0.1, 0.15) is 5.75 Å². The van der Waals surface area contributed by atoms with E-state index in [0.717, 1.165) is 24.8 Å². The molecule has 1 saturated carbocycles. The first-order chi connectivity index (χ1) is 21.1. The molecule has 0 N–H and O–H groups in total. The molecule has 8 heteroatoms. The number of ketones is 1. The quantitative estimate of drug-likeness (QED) is 0.136. The number of ether oxygens (including phenoxy) is 2. The molecule has 6 rings (SSSR count). The molecule has 2 aliphatic rings. The minimum Gasteiger partial charge on any atom is -0.497 e. The van der Waals surface area contributed by atoms with Gasteiger partial charge in [-0.15, -0.1) is 0 Å². The molecule has 4 unspecified atom stereocenters. The lowest BCUT2D eigenvalue weighted by atomic mass is 9.76. The molecule has 0 spiro atoms. The average molecular weight is 591 g/mol. The minimum atomic E-state index is -1.02. The molecule has 1 saturated heterocycles. The number of carbonyl (C=O) groups excluding carboxylic acids is 4. The standard InChI is InChI=1S/C36H34N2O6/c1-20-5-15-27-29(18-20)35(41)38(34(27)40)25-11-7-23(8-12-25)32-19-30(28-17-21(2)6-16-31(28)37-32)36(42)44-22(3)33(39)24-9-13-26(43-4)14-10-24/h6-14,16-17,19-20,22,27,29H,5,15,18H2,1-4H3. The normalized spacial score (nSPS) is 20.4. The molecule has 4 atom stereocenters.